The molecule has 0 fully saturated rings. The molecule has 6 heteroatoms. The number of pyridine rings is 1. The fourth-order valence-corrected chi connectivity index (χ4v) is 4.72. The Hall–Kier alpha value is -2.83. The van der Waals surface area contributed by atoms with Gasteiger partial charge in [0, 0.05) is 36.2 Å². The maximum absolute atomic E-state index is 13.4. The smallest absolute Gasteiger partial charge is 0.258 e. The van der Waals surface area contributed by atoms with Crippen molar-refractivity contribution in [1.29, 1.82) is 0 Å². The summed E-state index contributed by atoms with van der Waals surface area (Å²) in [6.45, 7) is 4.85. The summed E-state index contributed by atoms with van der Waals surface area (Å²) < 4.78 is 1.07. The minimum Gasteiger partial charge on any atom is -0.299 e. The molecule has 5 nitrogen and oxygen atoms in total. The molecule has 1 N–H and O–H groups in total. The number of carbonyl (C=O) groups excluding carboxylic acids is 1. The second-order valence-electron chi connectivity index (χ2n) is 6.99. The van der Waals surface area contributed by atoms with Gasteiger partial charge in [0.2, 0.25) is 0 Å². The third-order valence-corrected chi connectivity index (χ3v) is 6.27. The SMILES string of the molecule is CCN1CCc2nc3ccccc3c(C(=O)Nc3nc4ccccc4s3)c2C1. The predicted octanol–water partition coefficient (Wildman–Crippen LogP) is 4.47. The molecule has 0 saturated heterocycles. The van der Waals surface area contributed by atoms with Crippen molar-refractivity contribution in [3.05, 3.63) is 65.4 Å². The van der Waals surface area contributed by atoms with Crippen LogP contribution in [0.5, 0.6) is 0 Å². The predicted molar refractivity (Wildman–Crippen MR) is 114 cm³/mol. The number of aromatic nitrogens is 2. The molecule has 0 atom stereocenters. The highest BCUT2D eigenvalue weighted by molar-refractivity contribution is 7.22. The lowest BCUT2D eigenvalue weighted by Gasteiger charge is -2.29. The number of fused-ring (bicyclic) bond motifs is 3. The minimum atomic E-state index is -0.105. The topological polar surface area (TPSA) is 58.1 Å². The molecule has 2 aromatic carbocycles. The Balaban J connectivity index is 1.61. The summed E-state index contributed by atoms with van der Waals surface area (Å²) in [5.41, 5.74) is 4.60. The molecule has 0 unspecified atom stereocenters. The number of anilines is 1. The molecule has 0 saturated carbocycles. The summed E-state index contributed by atoms with van der Waals surface area (Å²) in [7, 11) is 0. The number of nitrogens with zero attached hydrogens (tertiary/aromatic N) is 3. The highest BCUT2D eigenvalue weighted by atomic mass is 32.1. The molecule has 0 radical (unpaired) electrons. The minimum absolute atomic E-state index is 0.105. The van der Waals surface area contributed by atoms with Crippen LogP contribution in [-0.2, 0) is 13.0 Å². The van der Waals surface area contributed by atoms with Crippen LogP contribution in [0.25, 0.3) is 21.1 Å². The maximum Gasteiger partial charge on any atom is 0.258 e. The molecule has 140 valence electrons. The molecule has 0 aliphatic carbocycles. The average Bonchev–Trinajstić information content (AvgIpc) is 3.13. The first-order valence-corrected chi connectivity index (χ1v) is 10.3. The van der Waals surface area contributed by atoms with Crippen molar-refractivity contribution in [2.24, 2.45) is 0 Å². The van der Waals surface area contributed by atoms with Crippen LogP contribution in [0.15, 0.2) is 48.5 Å². The third-order valence-electron chi connectivity index (χ3n) is 5.31. The molecule has 1 aliphatic heterocycles. The number of hydrogen-bond acceptors (Lipinski definition) is 5. The van der Waals surface area contributed by atoms with Crippen LogP contribution in [0.1, 0.15) is 28.5 Å². The van der Waals surface area contributed by atoms with Crippen LogP contribution < -0.4 is 5.32 Å². The van der Waals surface area contributed by atoms with Crippen LogP contribution >= 0.6 is 11.3 Å². The van der Waals surface area contributed by atoms with Gasteiger partial charge in [-0.3, -0.25) is 20.0 Å². The number of thiazole rings is 1. The van der Waals surface area contributed by atoms with Gasteiger partial charge in [0.05, 0.1) is 21.3 Å². The van der Waals surface area contributed by atoms with Gasteiger partial charge in [-0.2, -0.15) is 0 Å². The van der Waals surface area contributed by atoms with Crippen LogP contribution in [0.2, 0.25) is 0 Å². The average molecular weight is 388 g/mol. The van der Waals surface area contributed by atoms with Crippen molar-refractivity contribution in [3.8, 4) is 0 Å². The van der Waals surface area contributed by atoms with Crippen molar-refractivity contribution in [1.82, 2.24) is 14.9 Å². The monoisotopic (exact) mass is 388 g/mol. The van der Waals surface area contributed by atoms with Gasteiger partial charge in [0.25, 0.3) is 5.91 Å². The Morgan fingerprint density at radius 1 is 1.11 bits per heavy atom. The van der Waals surface area contributed by atoms with Crippen LogP contribution in [0, 0.1) is 0 Å². The Morgan fingerprint density at radius 2 is 1.89 bits per heavy atom. The third kappa shape index (κ3) is 2.95. The summed E-state index contributed by atoms with van der Waals surface area (Å²) >= 11 is 1.50. The van der Waals surface area contributed by atoms with E-state index in [0.29, 0.717) is 5.13 Å². The van der Waals surface area contributed by atoms with Crippen LogP contribution in [-0.4, -0.2) is 33.9 Å². The van der Waals surface area contributed by atoms with E-state index in [1.807, 2.05) is 48.5 Å². The van der Waals surface area contributed by atoms with Gasteiger partial charge in [0.1, 0.15) is 0 Å². The first-order valence-electron chi connectivity index (χ1n) is 9.52. The van der Waals surface area contributed by atoms with E-state index in [9.17, 15) is 4.79 Å². The molecule has 5 rings (SSSR count). The van der Waals surface area contributed by atoms with E-state index in [1.165, 1.54) is 11.3 Å². The van der Waals surface area contributed by atoms with Crippen molar-refractivity contribution in [2.75, 3.05) is 18.4 Å². The molecule has 0 spiro atoms. The second kappa shape index (κ2) is 6.96. The van der Waals surface area contributed by atoms with E-state index in [-0.39, 0.29) is 5.91 Å². The maximum atomic E-state index is 13.4. The first kappa shape index (κ1) is 17.3. The summed E-state index contributed by atoms with van der Waals surface area (Å²) in [5.74, 6) is -0.105. The highest BCUT2D eigenvalue weighted by Crippen LogP contribution is 2.30. The summed E-state index contributed by atoms with van der Waals surface area (Å²) in [6.07, 6.45) is 0.870. The summed E-state index contributed by atoms with van der Waals surface area (Å²) in [5, 5.41) is 4.57. The number of hydrogen-bond donors (Lipinski definition) is 1. The number of benzene rings is 2. The summed E-state index contributed by atoms with van der Waals surface area (Å²) in [4.78, 5) is 25.1. The van der Waals surface area contributed by atoms with E-state index < -0.39 is 0 Å². The molecule has 28 heavy (non-hydrogen) atoms. The molecule has 0 bridgehead atoms. The molecule has 3 heterocycles. The molecular weight excluding hydrogens is 368 g/mol. The number of likely N-dealkylation sites (N-methyl/N-ethyl adjacent to an activating group) is 1. The van der Waals surface area contributed by atoms with Crippen molar-refractivity contribution in [2.45, 2.75) is 19.9 Å². The Labute approximate surface area is 167 Å². The molecule has 1 aliphatic rings. The quantitative estimate of drug-likeness (QED) is 0.562. The van der Waals surface area contributed by atoms with Crippen molar-refractivity contribution >= 4 is 43.5 Å². The number of carbonyl (C=O) groups is 1. The van der Waals surface area contributed by atoms with Gasteiger partial charge in [-0.15, -0.1) is 0 Å². The number of amides is 1. The van der Waals surface area contributed by atoms with Crippen molar-refractivity contribution < 1.29 is 4.79 Å². The van der Waals surface area contributed by atoms with Crippen molar-refractivity contribution in [3.63, 3.8) is 0 Å². The molecular formula is C22H20N4OS. The fraction of sp³-hybridized carbons (Fsp3) is 0.227. The Kier molecular flexibility index (Phi) is 4.30. The summed E-state index contributed by atoms with van der Waals surface area (Å²) in [6, 6.07) is 15.8. The lowest BCUT2D eigenvalue weighted by atomic mass is 9.95. The van der Waals surface area contributed by atoms with E-state index in [1.54, 1.807) is 0 Å². The zero-order chi connectivity index (χ0) is 19.1. The van der Waals surface area contributed by atoms with Gasteiger partial charge in [-0.1, -0.05) is 48.6 Å². The highest BCUT2D eigenvalue weighted by Gasteiger charge is 2.25. The van der Waals surface area contributed by atoms with Crippen LogP contribution in [0.3, 0.4) is 0 Å². The van der Waals surface area contributed by atoms with E-state index in [4.69, 9.17) is 4.98 Å². The lowest BCUT2D eigenvalue weighted by Crippen LogP contribution is -2.33. The van der Waals surface area contributed by atoms with Crippen LogP contribution in [0.4, 0.5) is 5.13 Å². The van der Waals surface area contributed by atoms with Gasteiger partial charge in [-0.05, 0) is 24.7 Å². The fourth-order valence-electron chi connectivity index (χ4n) is 3.86. The zero-order valence-electron chi connectivity index (χ0n) is 15.6. The normalized spacial score (nSPS) is 14.3. The van der Waals surface area contributed by atoms with Gasteiger partial charge < -0.3 is 0 Å². The molecule has 4 aromatic rings. The van der Waals surface area contributed by atoms with E-state index >= 15 is 0 Å². The zero-order valence-corrected chi connectivity index (χ0v) is 16.4. The number of nitrogens with one attached hydrogen (secondary N) is 1. The molecule has 2 aromatic heterocycles. The lowest BCUT2D eigenvalue weighted by molar-refractivity contribution is 0.102. The van der Waals surface area contributed by atoms with E-state index in [0.717, 1.165) is 64.0 Å². The van der Waals surface area contributed by atoms with Gasteiger partial charge in [0.15, 0.2) is 5.13 Å². The Bertz CT molecular complexity index is 1170. The number of para-hydroxylation sites is 2. The van der Waals surface area contributed by atoms with Gasteiger partial charge >= 0.3 is 0 Å². The Morgan fingerprint density at radius 3 is 2.71 bits per heavy atom. The van der Waals surface area contributed by atoms with Gasteiger partial charge in [-0.25, -0.2) is 4.98 Å². The number of rotatable bonds is 3. The second-order valence-corrected chi connectivity index (χ2v) is 8.02. The standard InChI is InChI=1S/C22H20N4OS/c1-2-26-12-11-17-15(13-26)20(14-7-3-4-8-16(14)23-17)21(27)25-22-24-18-9-5-6-10-19(18)28-22/h3-10H,2,11-13H2,1H3,(H,24,25,27). The first-order chi connectivity index (χ1) is 13.7. The largest absolute Gasteiger partial charge is 0.299 e. The van der Waals surface area contributed by atoms with E-state index in [2.05, 4.69) is 22.1 Å². The molecule has 1 amide bonds.